The summed E-state index contributed by atoms with van der Waals surface area (Å²) >= 11 is 12.5. The summed E-state index contributed by atoms with van der Waals surface area (Å²) in [6.07, 6.45) is 3.96. The second-order valence-corrected chi connectivity index (χ2v) is 8.09. The molecule has 3 unspecified atom stereocenters. The zero-order valence-electron chi connectivity index (χ0n) is 12.4. The maximum Gasteiger partial charge on any atom is 0.126 e. The van der Waals surface area contributed by atoms with Gasteiger partial charge in [-0.05, 0) is 66.7 Å². The molecule has 1 aliphatic rings. The average Bonchev–Trinajstić information content (AvgIpc) is 2.35. The lowest BCUT2D eigenvalue weighted by Crippen LogP contribution is -2.33. The van der Waals surface area contributed by atoms with Crippen molar-refractivity contribution in [2.24, 2.45) is 17.3 Å². The molecule has 3 heteroatoms. The SMILES string of the molecule is CC(C)(C)C1CCC(Cl)C(Cc2cc(Cl)ccc2F)C1. The van der Waals surface area contributed by atoms with E-state index in [2.05, 4.69) is 20.8 Å². The summed E-state index contributed by atoms with van der Waals surface area (Å²) in [4.78, 5) is 0. The van der Waals surface area contributed by atoms with Gasteiger partial charge in [0.2, 0.25) is 0 Å². The Kier molecular flexibility index (Phi) is 5.02. The van der Waals surface area contributed by atoms with Crippen LogP contribution in [0.5, 0.6) is 0 Å². The van der Waals surface area contributed by atoms with Crippen molar-refractivity contribution < 1.29 is 4.39 Å². The topological polar surface area (TPSA) is 0 Å². The fourth-order valence-electron chi connectivity index (χ4n) is 3.21. The van der Waals surface area contributed by atoms with Gasteiger partial charge in [0.05, 0.1) is 0 Å². The smallest absolute Gasteiger partial charge is 0.126 e. The van der Waals surface area contributed by atoms with Crippen LogP contribution in [0.3, 0.4) is 0 Å². The molecule has 2 rings (SSSR count). The van der Waals surface area contributed by atoms with Gasteiger partial charge in [-0.25, -0.2) is 4.39 Å². The van der Waals surface area contributed by atoms with Crippen LogP contribution in [0, 0.1) is 23.1 Å². The van der Waals surface area contributed by atoms with Crippen LogP contribution in [0.4, 0.5) is 4.39 Å². The van der Waals surface area contributed by atoms with Crippen molar-refractivity contribution in [3.8, 4) is 0 Å². The van der Waals surface area contributed by atoms with Gasteiger partial charge in [-0.15, -0.1) is 11.6 Å². The first-order valence-electron chi connectivity index (χ1n) is 7.35. The molecule has 0 aliphatic heterocycles. The highest BCUT2D eigenvalue weighted by atomic mass is 35.5. The third kappa shape index (κ3) is 3.89. The van der Waals surface area contributed by atoms with E-state index in [4.69, 9.17) is 23.2 Å². The molecule has 0 spiro atoms. The molecule has 1 saturated carbocycles. The molecule has 20 heavy (non-hydrogen) atoms. The van der Waals surface area contributed by atoms with Crippen LogP contribution in [-0.4, -0.2) is 5.38 Å². The molecule has 0 nitrogen and oxygen atoms in total. The van der Waals surface area contributed by atoms with Crippen LogP contribution in [0.1, 0.15) is 45.6 Å². The Hall–Kier alpha value is -0.270. The number of alkyl halides is 1. The number of benzene rings is 1. The summed E-state index contributed by atoms with van der Waals surface area (Å²) in [6.45, 7) is 6.84. The Morgan fingerprint density at radius 2 is 1.95 bits per heavy atom. The minimum absolute atomic E-state index is 0.145. The lowest BCUT2D eigenvalue weighted by Gasteiger charge is -2.40. The first kappa shape index (κ1) is 16.1. The Balaban J connectivity index is 2.12. The van der Waals surface area contributed by atoms with E-state index in [1.807, 2.05) is 0 Å². The lowest BCUT2D eigenvalue weighted by molar-refractivity contribution is 0.143. The Labute approximate surface area is 131 Å². The van der Waals surface area contributed by atoms with Gasteiger partial charge in [-0.1, -0.05) is 32.4 Å². The second kappa shape index (κ2) is 6.23. The van der Waals surface area contributed by atoms with Crippen LogP contribution in [0.15, 0.2) is 18.2 Å². The molecule has 0 bridgehead atoms. The van der Waals surface area contributed by atoms with Gasteiger partial charge >= 0.3 is 0 Å². The van der Waals surface area contributed by atoms with E-state index in [1.165, 1.54) is 12.5 Å². The van der Waals surface area contributed by atoms with Gasteiger partial charge < -0.3 is 0 Å². The molecular weight excluding hydrogens is 294 g/mol. The maximum absolute atomic E-state index is 13.9. The van der Waals surface area contributed by atoms with Gasteiger partial charge in [0.15, 0.2) is 0 Å². The highest BCUT2D eigenvalue weighted by Gasteiger charge is 2.35. The summed E-state index contributed by atoms with van der Waals surface area (Å²) in [5, 5.41) is 0.739. The first-order chi connectivity index (χ1) is 9.27. The van der Waals surface area contributed by atoms with E-state index in [0.717, 1.165) is 12.8 Å². The van der Waals surface area contributed by atoms with Gasteiger partial charge in [-0.2, -0.15) is 0 Å². The Morgan fingerprint density at radius 1 is 1.25 bits per heavy atom. The average molecular weight is 317 g/mol. The van der Waals surface area contributed by atoms with E-state index >= 15 is 0 Å². The minimum atomic E-state index is -0.170. The van der Waals surface area contributed by atoms with Crippen LogP contribution in [-0.2, 0) is 6.42 Å². The van der Waals surface area contributed by atoms with Gasteiger partial charge in [0.1, 0.15) is 5.82 Å². The van der Waals surface area contributed by atoms with Crippen LogP contribution in [0.2, 0.25) is 5.02 Å². The molecule has 1 aliphatic carbocycles. The highest BCUT2D eigenvalue weighted by molar-refractivity contribution is 6.30. The molecule has 0 heterocycles. The van der Waals surface area contributed by atoms with Gasteiger partial charge in [-0.3, -0.25) is 0 Å². The van der Waals surface area contributed by atoms with Crippen molar-refractivity contribution in [1.29, 1.82) is 0 Å². The van der Waals surface area contributed by atoms with E-state index in [1.54, 1.807) is 12.1 Å². The summed E-state index contributed by atoms with van der Waals surface area (Å²) in [6, 6.07) is 4.78. The summed E-state index contributed by atoms with van der Waals surface area (Å²) in [5.74, 6) is 0.823. The predicted molar refractivity (Wildman–Crippen MR) is 85.0 cm³/mol. The number of halogens is 3. The third-order valence-electron chi connectivity index (χ3n) is 4.60. The molecule has 3 atom stereocenters. The van der Waals surface area contributed by atoms with Gasteiger partial charge in [0, 0.05) is 10.4 Å². The van der Waals surface area contributed by atoms with Crippen molar-refractivity contribution in [1.82, 2.24) is 0 Å². The molecule has 1 aromatic carbocycles. The molecule has 0 radical (unpaired) electrons. The van der Waals surface area contributed by atoms with Crippen LogP contribution >= 0.6 is 23.2 Å². The third-order valence-corrected chi connectivity index (χ3v) is 5.41. The van der Waals surface area contributed by atoms with Crippen molar-refractivity contribution in [2.75, 3.05) is 0 Å². The van der Waals surface area contributed by atoms with Crippen molar-refractivity contribution in [3.63, 3.8) is 0 Å². The van der Waals surface area contributed by atoms with E-state index in [9.17, 15) is 4.39 Å². The molecule has 0 aromatic heterocycles. The highest BCUT2D eigenvalue weighted by Crippen LogP contribution is 2.43. The maximum atomic E-state index is 13.9. The van der Waals surface area contributed by atoms with E-state index < -0.39 is 0 Å². The zero-order valence-corrected chi connectivity index (χ0v) is 13.9. The summed E-state index contributed by atoms with van der Waals surface area (Å²) < 4.78 is 13.9. The number of hydrogen-bond donors (Lipinski definition) is 0. The van der Waals surface area contributed by atoms with Gasteiger partial charge in [0.25, 0.3) is 0 Å². The normalized spacial score (nSPS) is 27.6. The largest absolute Gasteiger partial charge is 0.207 e. The predicted octanol–water partition coefficient (Wildman–Crippen LogP) is 6.09. The quantitative estimate of drug-likeness (QED) is 0.579. The lowest BCUT2D eigenvalue weighted by atomic mass is 9.68. The van der Waals surface area contributed by atoms with E-state index in [-0.39, 0.29) is 11.2 Å². The van der Waals surface area contributed by atoms with Crippen LogP contribution < -0.4 is 0 Å². The Morgan fingerprint density at radius 3 is 2.60 bits per heavy atom. The molecule has 0 N–H and O–H groups in total. The van der Waals surface area contributed by atoms with Crippen LogP contribution in [0.25, 0.3) is 0 Å². The zero-order chi connectivity index (χ0) is 14.9. The summed E-state index contributed by atoms with van der Waals surface area (Å²) in [5.41, 5.74) is 0.991. The number of hydrogen-bond acceptors (Lipinski definition) is 0. The fraction of sp³-hybridized carbons (Fsp3) is 0.647. The van der Waals surface area contributed by atoms with Crippen molar-refractivity contribution in [3.05, 3.63) is 34.6 Å². The van der Waals surface area contributed by atoms with Crippen molar-refractivity contribution in [2.45, 2.75) is 51.8 Å². The molecule has 1 aromatic rings. The monoisotopic (exact) mass is 316 g/mol. The number of rotatable bonds is 2. The standard InChI is InChI=1S/C17H23Cl2F/c1-17(2,3)13-4-6-15(19)11(9-13)8-12-10-14(18)5-7-16(12)20/h5,7,10-11,13,15H,4,6,8-9H2,1-3H3. The molecular formula is C17H23Cl2F. The molecule has 112 valence electrons. The second-order valence-electron chi connectivity index (χ2n) is 7.09. The first-order valence-corrected chi connectivity index (χ1v) is 8.17. The Bertz CT molecular complexity index is 465. The molecule has 0 saturated heterocycles. The van der Waals surface area contributed by atoms with Crippen molar-refractivity contribution >= 4 is 23.2 Å². The van der Waals surface area contributed by atoms with E-state index in [0.29, 0.717) is 34.3 Å². The summed E-state index contributed by atoms with van der Waals surface area (Å²) in [7, 11) is 0. The molecule has 0 amide bonds. The molecule has 1 fully saturated rings. The fourth-order valence-corrected chi connectivity index (χ4v) is 3.72. The minimum Gasteiger partial charge on any atom is -0.207 e.